The van der Waals surface area contributed by atoms with Crippen LogP contribution < -0.4 is 4.90 Å². The van der Waals surface area contributed by atoms with Gasteiger partial charge >= 0.3 is 6.18 Å². The number of alkyl halides is 3. The third-order valence-corrected chi connectivity index (χ3v) is 4.74. The van der Waals surface area contributed by atoms with Crippen LogP contribution in [0.4, 0.5) is 19.0 Å². The smallest absolute Gasteiger partial charge is 0.356 e. The number of benzene rings is 1. The quantitative estimate of drug-likeness (QED) is 0.668. The summed E-state index contributed by atoms with van der Waals surface area (Å²) >= 11 is 0. The van der Waals surface area contributed by atoms with Gasteiger partial charge in [-0.2, -0.15) is 22.8 Å². The summed E-state index contributed by atoms with van der Waals surface area (Å²) in [4.78, 5) is 6.49. The highest BCUT2D eigenvalue weighted by Crippen LogP contribution is 2.39. The van der Waals surface area contributed by atoms with E-state index in [1.807, 2.05) is 13.0 Å². The maximum absolute atomic E-state index is 13.7. The molecule has 3 heterocycles. The van der Waals surface area contributed by atoms with Gasteiger partial charge in [0.2, 0.25) is 0 Å². The van der Waals surface area contributed by atoms with Crippen molar-refractivity contribution in [2.24, 2.45) is 0 Å². The standard InChI is InChI=1S/C19H19F3N4/c1-12-5-7-14(8-6-12)16-17(19(20,21)22)24-26-15(25-9-3-4-10-25)11-13(2)23-18(16)26/h5-8,11H,3-4,9-10H2,1-2H3. The molecule has 0 N–H and O–H groups in total. The van der Waals surface area contributed by atoms with Crippen molar-refractivity contribution in [1.29, 1.82) is 0 Å². The molecule has 0 radical (unpaired) electrons. The highest BCUT2D eigenvalue weighted by Gasteiger charge is 2.39. The Morgan fingerprint density at radius 2 is 1.65 bits per heavy atom. The van der Waals surface area contributed by atoms with Crippen LogP contribution in [0.3, 0.4) is 0 Å². The molecule has 0 bridgehead atoms. The number of hydrogen-bond donors (Lipinski definition) is 0. The fourth-order valence-corrected chi connectivity index (χ4v) is 3.48. The van der Waals surface area contributed by atoms with Gasteiger partial charge in [0.05, 0.1) is 5.56 Å². The molecule has 2 aromatic heterocycles. The molecule has 136 valence electrons. The van der Waals surface area contributed by atoms with Crippen LogP contribution in [-0.4, -0.2) is 27.7 Å². The van der Waals surface area contributed by atoms with Crippen LogP contribution in [0.25, 0.3) is 16.8 Å². The number of fused-ring (bicyclic) bond motifs is 1. The maximum atomic E-state index is 13.7. The van der Waals surface area contributed by atoms with Gasteiger partial charge in [0.1, 0.15) is 5.82 Å². The van der Waals surface area contributed by atoms with Crippen molar-refractivity contribution in [2.75, 3.05) is 18.0 Å². The van der Waals surface area contributed by atoms with Gasteiger partial charge in [0, 0.05) is 24.8 Å². The first-order valence-corrected chi connectivity index (χ1v) is 8.64. The van der Waals surface area contributed by atoms with Crippen molar-refractivity contribution in [2.45, 2.75) is 32.9 Å². The molecular formula is C19H19F3N4. The van der Waals surface area contributed by atoms with Gasteiger partial charge in [-0.05, 0) is 32.3 Å². The van der Waals surface area contributed by atoms with E-state index in [-0.39, 0.29) is 11.2 Å². The van der Waals surface area contributed by atoms with E-state index in [0.29, 0.717) is 17.1 Å². The molecule has 1 saturated heterocycles. The topological polar surface area (TPSA) is 33.4 Å². The van der Waals surface area contributed by atoms with E-state index in [9.17, 15) is 13.2 Å². The Morgan fingerprint density at radius 3 is 2.27 bits per heavy atom. The lowest BCUT2D eigenvalue weighted by atomic mass is 10.0. The van der Waals surface area contributed by atoms with Crippen LogP contribution >= 0.6 is 0 Å². The second-order valence-electron chi connectivity index (χ2n) is 6.77. The molecule has 4 rings (SSSR count). The third kappa shape index (κ3) is 2.81. The van der Waals surface area contributed by atoms with Gasteiger partial charge in [-0.15, -0.1) is 0 Å². The molecule has 1 aliphatic heterocycles. The van der Waals surface area contributed by atoms with Crippen LogP contribution in [0.5, 0.6) is 0 Å². The van der Waals surface area contributed by atoms with Crippen molar-refractivity contribution in [3.8, 4) is 11.1 Å². The maximum Gasteiger partial charge on any atom is 0.435 e. The Balaban J connectivity index is 2.03. The lowest BCUT2D eigenvalue weighted by molar-refractivity contribution is -0.140. The fourth-order valence-electron chi connectivity index (χ4n) is 3.48. The number of hydrogen-bond acceptors (Lipinski definition) is 3. The van der Waals surface area contributed by atoms with E-state index in [2.05, 4.69) is 15.0 Å². The van der Waals surface area contributed by atoms with Crippen molar-refractivity contribution < 1.29 is 13.2 Å². The predicted molar refractivity (Wildman–Crippen MR) is 94.3 cm³/mol. The minimum Gasteiger partial charge on any atom is -0.356 e. The summed E-state index contributed by atoms with van der Waals surface area (Å²) in [6.07, 6.45) is -2.49. The SMILES string of the molecule is Cc1ccc(-c2c(C(F)(F)F)nn3c(N4CCCC4)cc(C)nc23)cc1. The van der Waals surface area contributed by atoms with Crippen molar-refractivity contribution >= 4 is 11.5 Å². The Hall–Kier alpha value is -2.57. The van der Waals surface area contributed by atoms with E-state index >= 15 is 0 Å². The Kier molecular flexibility index (Phi) is 3.89. The molecule has 0 amide bonds. The first kappa shape index (κ1) is 16.9. The number of aryl methyl sites for hydroxylation is 2. The minimum absolute atomic E-state index is 0.0432. The Morgan fingerprint density at radius 1 is 1.00 bits per heavy atom. The zero-order valence-corrected chi connectivity index (χ0v) is 14.6. The summed E-state index contributed by atoms with van der Waals surface area (Å²) < 4.78 is 42.6. The van der Waals surface area contributed by atoms with Gasteiger partial charge in [-0.1, -0.05) is 29.8 Å². The van der Waals surface area contributed by atoms with Gasteiger partial charge < -0.3 is 4.90 Å². The minimum atomic E-state index is -4.55. The van der Waals surface area contributed by atoms with E-state index in [0.717, 1.165) is 31.5 Å². The van der Waals surface area contributed by atoms with Crippen LogP contribution in [-0.2, 0) is 6.18 Å². The zero-order chi connectivity index (χ0) is 18.5. The number of rotatable bonds is 2. The zero-order valence-electron chi connectivity index (χ0n) is 14.6. The van der Waals surface area contributed by atoms with Crippen molar-refractivity contribution in [1.82, 2.24) is 14.6 Å². The predicted octanol–water partition coefficient (Wildman–Crippen LogP) is 4.63. The average Bonchev–Trinajstić information content (AvgIpc) is 3.22. The number of nitrogens with zero attached hydrogens (tertiary/aromatic N) is 4. The first-order valence-electron chi connectivity index (χ1n) is 8.64. The summed E-state index contributed by atoms with van der Waals surface area (Å²) in [6, 6.07) is 8.80. The summed E-state index contributed by atoms with van der Waals surface area (Å²) in [7, 11) is 0. The molecule has 1 fully saturated rings. The lowest BCUT2D eigenvalue weighted by Crippen LogP contribution is -2.21. The lowest BCUT2D eigenvalue weighted by Gasteiger charge is -2.18. The highest BCUT2D eigenvalue weighted by atomic mass is 19.4. The summed E-state index contributed by atoms with van der Waals surface area (Å²) in [6.45, 7) is 5.34. The summed E-state index contributed by atoms with van der Waals surface area (Å²) in [5.74, 6) is 0.675. The summed E-state index contributed by atoms with van der Waals surface area (Å²) in [5.41, 5.74) is 1.55. The van der Waals surface area contributed by atoms with E-state index in [1.54, 1.807) is 31.2 Å². The third-order valence-electron chi connectivity index (χ3n) is 4.74. The molecule has 0 atom stereocenters. The molecule has 0 saturated carbocycles. The largest absolute Gasteiger partial charge is 0.435 e. The van der Waals surface area contributed by atoms with Gasteiger partial charge in [-0.25, -0.2) is 4.98 Å². The Bertz CT molecular complexity index is 952. The second kappa shape index (κ2) is 6.00. The molecule has 7 heteroatoms. The Labute approximate surface area is 149 Å². The molecule has 0 spiro atoms. The fraction of sp³-hybridized carbons (Fsp3) is 0.368. The number of halogens is 3. The van der Waals surface area contributed by atoms with Crippen LogP contribution in [0, 0.1) is 13.8 Å². The van der Waals surface area contributed by atoms with Crippen LogP contribution in [0.2, 0.25) is 0 Å². The number of anilines is 1. The van der Waals surface area contributed by atoms with Crippen LogP contribution in [0.15, 0.2) is 30.3 Å². The monoisotopic (exact) mass is 360 g/mol. The van der Waals surface area contributed by atoms with E-state index < -0.39 is 11.9 Å². The molecule has 1 aromatic carbocycles. The highest BCUT2D eigenvalue weighted by molar-refractivity contribution is 5.81. The number of aromatic nitrogens is 3. The van der Waals surface area contributed by atoms with Gasteiger partial charge in [-0.3, -0.25) is 0 Å². The van der Waals surface area contributed by atoms with E-state index in [4.69, 9.17) is 0 Å². The average molecular weight is 360 g/mol. The normalized spacial score (nSPS) is 15.2. The summed E-state index contributed by atoms with van der Waals surface area (Å²) in [5, 5.41) is 3.96. The van der Waals surface area contributed by atoms with Crippen molar-refractivity contribution in [3.05, 3.63) is 47.3 Å². The molecule has 4 nitrogen and oxygen atoms in total. The van der Waals surface area contributed by atoms with Crippen molar-refractivity contribution in [3.63, 3.8) is 0 Å². The molecule has 26 heavy (non-hydrogen) atoms. The molecule has 1 aliphatic rings. The first-order chi connectivity index (χ1) is 12.3. The molecular weight excluding hydrogens is 341 g/mol. The second-order valence-corrected chi connectivity index (χ2v) is 6.77. The van der Waals surface area contributed by atoms with Gasteiger partial charge in [0.15, 0.2) is 11.3 Å². The molecule has 3 aromatic rings. The van der Waals surface area contributed by atoms with Crippen LogP contribution in [0.1, 0.15) is 29.8 Å². The van der Waals surface area contributed by atoms with Gasteiger partial charge in [0.25, 0.3) is 0 Å². The molecule has 0 aliphatic carbocycles. The molecule has 0 unspecified atom stereocenters. The van der Waals surface area contributed by atoms with E-state index in [1.165, 1.54) is 4.52 Å².